The molecule has 2 aromatic rings. The Balaban J connectivity index is 1.54. The molecule has 1 aliphatic carbocycles. The molecule has 1 aliphatic heterocycles. The number of fused-ring (bicyclic) bond motifs is 1. The zero-order valence-electron chi connectivity index (χ0n) is 16.0. The third-order valence-corrected chi connectivity index (χ3v) is 5.59. The van der Waals surface area contributed by atoms with Crippen LogP contribution >= 0.6 is 0 Å². The summed E-state index contributed by atoms with van der Waals surface area (Å²) in [6.45, 7) is 6.05. The summed E-state index contributed by atoms with van der Waals surface area (Å²) in [5.74, 6) is 0.168. The fraction of sp³-hybridized carbons (Fsp3) is 0.524. The van der Waals surface area contributed by atoms with Crippen molar-refractivity contribution in [1.82, 2.24) is 9.88 Å². The number of carbonyl (C=O) groups is 2. The van der Waals surface area contributed by atoms with Crippen LogP contribution in [0, 0.1) is 5.92 Å². The molecular formula is C21H27N3O3. The van der Waals surface area contributed by atoms with Gasteiger partial charge in [0.05, 0.1) is 5.60 Å². The van der Waals surface area contributed by atoms with E-state index in [1.54, 1.807) is 0 Å². The molecule has 0 bridgehead atoms. The van der Waals surface area contributed by atoms with E-state index >= 15 is 0 Å². The summed E-state index contributed by atoms with van der Waals surface area (Å²) in [4.78, 5) is 24.8. The Bertz CT molecular complexity index is 876. The van der Waals surface area contributed by atoms with Gasteiger partial charge in [0.1, 0.15) is 5.69 Å². The van der Waals surface area contributed by atoms with Crippen molar-refractivity contribution in [2.24, 2.45) is 5.92 Å². The average Bonchev–Trinajstić information content (AvgIpc) is 3.32. The highest BCUT2D eigenvalue weighted by Gasteiger charge is 2.31. The molecule has 2 aliphatic rings. The van der Waals surface area contributed by atoms with Crippen LogP contribution in [0.1, 0.15) is 50.0 Å². The van der Waals surface area contributed by atoms with Crippen molar-refractivity contribution < 1.29 is 14.3 Å². The van der Waals surface area contributed by atoms with E-state index in [-0.39, 0.29) is 23.3 Å². The largest absolute Gasteiger partial charge is 0.373 e. The van der Waals surface area contributed by atoms with Gasteiger partial charge >= 0.3 is 0 Å². The van der Waals surface area contributed by atoms with Gasteiger partial charge < -0.3 is 19.9 Å². The Morgan fingerprint density at radius 3 is 2.78 bits per heavy atom. The first-order chi connectivity index (χ1) is 13.0. The first-order valence-corrected chi connectivity index (χ1v) is 9.85. The Morgan fingerprint density at radius 1 is 1.30 bits per heavy atom. The van der Waals surface area contributed by atoms with Crippen LogP contribution < -0.4 is 10.6 Å². The van der Waals surface area contributed by atoms with Crippen LogP contribution in [0.3, 0.4) is 0 Å². The summed E-state index contributed by atoms with van der Waals surface area (Å²) in [5.41, 5.74) is 2.15. The molecule has 144 valence electrons. The molecule has 2 N–H and O–H groups in total. The number of nitrogens with zero attached hydrogens (tertiary/aromatic N) is 1. The second kappa shape index (κ2) is 7.00. The van der Waals surface area contributed by atoms with Crippen molar-refractivity contribution in [3.8, 4) is 0 Å². The third-order valence-electron chi connectivity index (χ3n) is 5.59. The van der Waals surface area contributed by atoms with Gasteiger partial charge in [-0.25, -0.2) is 0 Å². The quantitative estimate of drug-likeness (QED) is 0.820. The minimum absolute atomic E-state index is 0.0895. The fourth-order valence-electron chi connectivity index (χ4n) is 3.80. The van der Waals surface area contributed by atoms with Gasteiger partial charge in [-0.3, -0.25) is 9.59 Å². The van der Waals surface area contributed by atoms with E-state index in [0.717, 1.165) is 48.9 Å². The number of aryl methyl sites for hydroxylation is 1. The normalized spacial score (nSPS) is 22.1. The van der Waals surface area contributed by atoms with E-state index in [0.29, 0.717) is 18.8 Å². The predicted molar refractivity (Wildman–Crippen MR) is 105 cm³/mol. The van der Waals surface area contributed by atoms with E-state index in [1.165, 1.54) is 0 Å². The molecule has 1 unspecified atom stereocenters. The van der Waals surface area contributed by atoms with Crippen LogP contribution in [0.4, 0.5) is 5.69 Å². The van der Waals surface area contributed by atoms with Gasteiger partial charge in [-0.1, -0.05) is 0 Å². The number of hydrogen-bond donors (Lipinski definition) is 2. The lowest BCUT2D eigenvalue weighted by molar-refractivity contribution is -0.117. The van der Waals surface area contributed by atoms with Crippen molar-refractivity contribution >= 4 is 28.4 Å². The number of aromatic nitrogens is 1. The number of hydrogen-bond acceptors (Lipinski definition) is 3. The van der Waals surface area contributed by atoms with Crippen LogP contribution in [0.2, 0.25) is 0 Å². The van der Waals surface area contributed by atoms with Gasteiger partial charge in [0.15, 0.2) is 0 Å². The molecule has 1 atom stereocenters. The molecule has 2 heterocycles. The molecule has 1 saturated carbocycles. The average molecular weight is 369 g/mol. The number of amides is 2. The maximum atomic E-state index is 12.8. The summed E-state index contributed by atoms with van der Waals surface area (Å²) in [5, 5.41) is 6.96. The maximum Gasteiger partial charge on any atom is 0.268 e. The van der Waals surface area contributed by atoms with Gasteiger partial charge in [0.2, 0.25) is 5.91 Å². The summed E-state index contributed by atoms with van der Waals surface area (Å²) in [6.07, 6.45) is 3.96. The third kappa shape index (κ3) is 3.72. The predicted octanol–water partition coefficient (Wildman–Crippen LogP) is 3.31. The van der Waals surface area contributed by atoms with Gasteiger partial charge in [-0.15, -0.1) is 0 Å². The molecule has 0 spiro atoms. The van der Waals surface area contributed by atoms with Gasteiger partial charge in [0, 0.05) is 42.2 Å². The lowest BCUT2D eigenvalue weighted by atomic mass is 10.0. The SMILES string of the molecule is CCn1c(C(=O)NCC2(C)CCCO2)cc2cc(NC(=O)C3CC3)ccc21. The Kier molecular flexibility index (Phi) is 4.68. The second-order valence-electron chi connectivity index (χ2n) is 7.90. The summed E-state index contributed by atoms with van der Waals surface area (Å²) in [6, 6.07) is 7.72. The molecule has 0 radical (unpaired) electrons. The maximum absolute atomic E-state index is 12.8. The molecule has 1 saturated heterocycles. The summed E-state index contributed by atoms with van der Waals surface area (Å²) >= 11 is 0. The fourth-order valence-corrected chi connectivity index (χ4v) is 3.80. The first-order valence-electron chi connectivity index (χ1n) is 9.85. The van der Waals surface area contributed by atoms with Crippen LogP contribution in [-0.2, 0) is 16.1 Å². The molecule has 6 heteroatoms. The zero-order valence-corrected chi connectivity index (χ0v) is 16.0. The zero-order chi connectivity index (χ0) is 19.0. The minimum Gasteiger partial charge on any atom is -0.373 e. The van der Waals surface area contributed by atoms with Crippen molar-refractivity contribution in [1.29, 1.82) is 0 Å². The van der Waals surface area contributed by atoms with E-state index < -0.39 is 0 Å². The molecular weight excluding hydrogens is 342 g/mol. The molecule has 1 aromatic carbocycles. The molecule has 1 aromatic heterocycles. The monoisotopic (exact) mass is 369 g/mol. The minimum atomic E-state index is -0.265. The van der Waals surface area contributed by atoms with E-state index in [1.807, 2.05) is 42.7 Å². The molecule has 6 nitrogen and oxygen atoms in total. The number of ether oxygens (including phenoxy) is 1. The highest BCUT2D eigenvalue weighted by molar-refractivity contribution is 6.01. The number of rotatable bonds is 6. The van der Waals surface area contributed by atoms with Crippen LogP contribution in [0.25, 0.3) is 10.9 Å². The lowest BCUT2D eigenvalue weighted by Crippen LogP contribution is -2.40. The molecule has 2 amide bonds. The Morgan fingerprint density at radius 2 is 2.11 bits per heavy atom. The highest BCUT2D eigenvalue weighted by atomic mass is 16.5. The van der Waals surface area contributed by atoms with Gasteiger partial charge in [0.25, 0.3) is 5.91 Å². The molecule has 4 rings (SSSR count). The topological polar surface area (TPSA) is 72.4 Å². The van der Waals surface area contributed by atoms with E-state index in [2.05, 4.69) is 10.6 Å². The van der Waals surface area contributed by atoms with Gasteiger partial charge in [-0.05, 0) is 63.8 Å². The number of anilines is 1. The van der Waals surface area contributed by atoms with Crippen molar-refractivity contribution in [2.45, 2.75) is 51.7 Å². The summed E-state index contributed by atoms with van der Waals surface area (Å²) in [7, 11) is 0. The van der Waals surface area contributed by atoms with E-state index in [9.17, 15) is 9.59 Å². The number of benzene rings is 1. The van der Waals surface area contributed by atoms with Crippen molar-refractivity contribution in [2.75, 3.05) is 18.5 Å². The Hall–Kier alpha value is -2.34. The van der Waals surface area contributed by atoms with Crippen LogP contribution in [-0.4, -0.2) is 35.1 Å². The number of nitrogens with one attached hydrogen (secondary N) is 2. The molecule has 2 fully saturated rings. The van der Waals surface area contributed by atoms with Crippen molar-refractivity contribution in [3.63, 3.8) is 0 Å². The van der Waals surface area contributed by atoms with Crippen LogP contribution in [0.15, 0.2) is 24.3 Å². The second-order valence-corrected chi connectivity index (χ2v) is 7.90. The standard InChI is InChI=1S/C21H27N3O3/c1-3-24-17-8-7-16(23-19(25)14-5-6-14)11-15(17)12-18(24)20(26)22-13-21(2)9-4-10-27-21/h7-8,11-12,14H,3-6,9-10,13H2,1-2H3,(H,22,26)(H,23,25). The van der Waals surface area contributed by atoms with Crippen molar-refractivity contribution in [3.05, 3.63) is 30.0 Å². The van der Waals surface area contributed by atoms with E-state index in [4.69, 9.17) is 4.74 Å². The first kappa shape index (κ1) is 18.0. The molecule has 27 heavy (non-hydrogen) atoms. The number of carbonyl (C=O) groups excluding carboxylic acids is 2. The summed E-state index contributed by atoms with van der Waals surface area (Å²) < 4.78 is 7.77. The highest BCUT2D eigenvalue weighted by Crippen LogP contribution is 2.31. The smallest absolute Gasteiger partial charge is 0.268 e. The Labute approximate surface area is 159 Å². The van der Waals surface area contributed by atoms with Gasteiger partial charge in [-0.2, -0.15) is 0 Å². The lowest BCUT2D eigenvalue weighted by Gasteiger charge is -2.23. The van der Waals surface area contributed by atoms with Crippen LogP contribution in [0.5, 0.6) is 0 Å².